The van der Waals surface area contributed by atoms with Crippen LogP contribution in [0.1, 0.15) is 24.4 Å². The van der Waals surface area contributed by atoms with Crippen molar-refractivity contribution < 1.29 is 9.53 Å². The molecule has 0 spiro atoms. The molecule has 0 radical (unpaired) electrons. The lowest BCUT2D eigenvalue weighted by Gasteiger charge is -2.26. The van der Waals surface area contributed by atoms with E-state index in [-0.39, 0.29) is 12.1 Å². The predicted octanol–water partition coefficient (Wildman–Crippen LogP) is 3.14. The van der Waals surface area contributed by atoms with E-state index in [9.17, 15) is 4.79 Å². The number of benzene rings is 2. The molecule has 2 unspecified atom stereocenters. The normalized spacial score (nSPS) is 18.9. The van der Waals surface area contributed by atoms with Gasteiger partial charge in [-0.05, 0) is 37.1 Å². The first-order chi connectivity index (χ1) is 11.3. The molecule has 0 amide bonds. The van der Waals surface area contributed by atoms with Crippen LogP contribution in [0.2, 0.25) is 0 Å². The third kappa shape index (κ3) is 4.33. The molecule has 2 N–H and O–H groups in total. The highest BCUT2D eigenvalue weighted by molar-refractivity contribution is 5.81. The van der Waals surface area contributed by atoms with E-state index < -0.39 is 6.04 Å². The topological polar surface area (TPSA) is 50.4 Å². The summed E-state index contributed by atoms with van der Waals surface area (Å²) < 4.78 is 5.72. The van der Waals surface area contributed by atoms with Crippen LogP contribution in [0.5, 0.6) is 0 Å². The Bertz CT molecular complexity index is 610. The Labute approximate surface area is 136 Å². The summed E-state index contributed by atoms with van der Waals surface area (Å²) in [5, 5.41) is 6.56. The van der Waals surface area contributed by atoms with Gasteiger partial charge >= 0.3 is 5.97 Å². The number of anilines is 1. The Hall–Kier alpha value is -2.33. The molecule has 1 aliphatic rings. The van der Waals surface area contributed by atoms with Crippen LogP contribution >= 0.6 is 0 Å². The maximum atomic E-state index is 12.7. The van der Waals surface area contributed by atoms with E-state index in [1.165, 1.54) is 0 Å². The Morgan fingerprint density at radius 1 is 1.09 bits per heavy atom. The first-order valence-electron chi connectivity index (χ1n) is 8.10. The van der Waals surface area contributed by atoms with Crippen molar-refractivity contribution in [3.8, 4) is 0 Å². The van der Waals surface area contributed by atoms with Crippen LogP contribution in [-0.4, -0.2) is 25.2 Å². The average Bonchev–Trinajstić information content (AvgIpc) is 2.62. The molecule has 120 valence electrons. The number of para-hydroxylation sites is 1. The smallest absolute Gasteiger partial charge is 0.333 e. The van der Waals surface area contributed by atoms with Crippen molar-refractivity contribution in [1.82, 2.24) is 5.32 Å². The van der Waals surface area contributed by atoms with Gasteiger partial charge in [-0.1, -0.05) is 48.5 Å². The van der Waals surface area contributed by atoms with Crippen molar-refractivity contribution in [3.63, 3.8) is 0 Å². The molecule has 0 bridgehead atoms. The highest BCUT2D eigenvalue weighted by Crippen LogP contribution is 2.22. The van der Waals surface area contributed by atoms with Crippen LogP contribution in [0.25, 0.3) is 0 Å². The van der Waals surface area contributed by atoms with E-state index in [0.29, 0.717) is 0 Å². The second kappa shape index (κ2) is 7.79. The first-order valence-corrected chi connectivity index (χ1v) is 8.10. The minimum absolute atomic E-state index is 0.0416. The fraction of sp³-hybridized carbons (Fsp3) is 0.316. The van der Waals surface area contributed by atoms with E-state index in [1.54, 1.807) is 0 Å². The predicted molar refractivity (Wildman–Crippen MR) is 91.2 cm³/mol. The van der Waals surface area contributed by atoms with E-state index in [4.69, 9.17) is 4.74 Å². The Morgan fingerprint density at radius 2 is 1.78 bits per heavy atom. The van der Waals surface area contributed by atoms with Gasteiger partial charge in [0.15, 0.2) is 6.04 Å². The molecule has 23 heavy (non-hydrogen) atoms. The summed E-state index contributed by atoms with van der Waals surface area (Å²) in [6, 6.07) is 18.9. The molecular weight excluding hydrogens is 288 g/mol. The van der Waals surface area contributed by atoms with Crippen molar-refractivity contribution >= 4 is 11.7 Å². The molecule has 0 saturated carbocycles. The van der Waals surface area contributed by atoms with Crippen LogP contribution in [0.4, 0.5) is 5.69 Å². The summed E-state index contributed by atoms with van der Waals surface area (Å²) in [4.78, 5) is 12.7. The molecule has 4 heteroatoms. The fourth-order valence-electron chi connectivity index (χ4n) is 2.78. The molecular formula is C19H22N2O2. The number of hydrogen-bond acceptors (Lipinski definition) is 4. The first kappa shape index (κ1) is 15.6. The molecule has 2 aromatic rings. The lowest BCUT2D eigenvalue weighted by molar-refractivity contribution is -0.150. The lowest BCUT2D eigenvalue weighted by Crippen LogP contribution is -2.38. The van der Waals surface area contributed by atoms with Gasteiger partial charge in [0.1, 0.15) is 6.10 Å². The molecule has 1 aliphatic heterocycles. The molecule has 1 saturated heterocycles. The van der Waals surface area contributed by atoms with Gasteiger partial charge < -0.3 is 15.4 Å². The van der Waals surface area contributed by atoms with Crippen molar-refractivity contribution in [2.45, 2.75) is 25.0 Å². The number of hydrogen-bond donors (Lipinski definition) is 2. The van der Waals surface area contributed by atoms with E-state index in [1.807, 2.05) is 60.7 Å². The zero-order valence-electron chi connectivity index (χ0n) is 13.1. The SMILES string of the molecule is O=C(OC1CCCNC1)C(Nc1ccccc1)c1ccccc1. The Morgan fingerprint density at radius 3 is 2.43 bits per heavy atom. The summed E-state index contributed by atoms with van der Waals surface area (Å²) in [5.74, 6) is -0.228. The molecule has 1 heterocycles. The number of ether oxygens (including phenoxy) is 1. The number of nitrogens with one attached hydrogen (secondary N) is 2. The summed E-state index contributed by atoms with van der Waals surface area (Å²) in [6.07, 6.45) is 1.92. The summed E-state index contributed by atoms with van der Waals surface area (Å²) in [6.45, 7) is 1.73. The zero-order chi connectivity index (χ0) is 15.9. The van der Waals surface area contributed by atoms with Gasteiger partial charge in [0.2, 0.25) is 0 Å². The van der Waals surface area contributed by atoms with Gasteiger partial charge in [-0.3, -0.25) is 0 Å². The minimum Gasteiger partial charge on any atom is -0.459 e. The maximum Gasteiger partial charge on any atom is 0.333 e. The molecule has 2 aromatic carbocycles. The van der Waals surface area contributed by atoms with Gasteiger partial charge in [0.25, 0.3) is 0 Å². The third-order valence-corrected chi connectivity index (χ3v) is 3.99. The number of carbonyl (C=O) groups is 1. The van der Waals surface area contributed by atoms with Crippen molar-refractivity contribution in [3.05, 3.63) is 66.2 Å². The largest absolute Gasteiger partial charge is 0.459 e. The number of rotatable bonds is 5. The number of carbonyl (C=O) groups excluding carboxylic acids is 1. The van der Waals surface area contributed by atoms with Gasteiger partial charge in [-0.2, -0.15) is 0 Å². The molecule has 0 aromatic heterocycles. The minimum atomic E-state index is -0.500. The van der Waals surface area contributed by atoms with Crippen molar-refractivity contribution in [2.24, 2.45) is 0 Å². The molecule has 3 rings (SSSR count). The van der Waals surface area contributed by atoms with Crippen LogP contribution in [-0.2, 0) is 9.53 Å². The van der Waals surface area contributed by atoms with Crippen LogP contribution in [0.3, 0.4) is 0 Å². The highest BCUT2D eigenvalue weighted by atomic mass is 16.5. The Balaban J connectivity index is 1.75. The van der Waals surface area contributed by atoms with Crippen LogP contribution in [0.15, 0.2) is 60.7 Å². The molecule has 4 nitrogen and oxygen atoms in total. The maximum absolute atomic E-state index is 12.7. The summed E-state index contributed by atoms with van der Waals surface area (Å²) in [5.41, 5.74) is 1.81. The van der Waals surface area contributed by atoms with E-state index in [0.717, 1.165) is 37.2 Å². The standard InChI is InChI=1S/C19H22N2O2/c22-19(23-17-12-7-13-20-14-17)18(15-8-3-1-4-9-15)21-16-10-5-2-6-11-16/h1-6,8-11,17-18,20-21H,7,12-14H2. The monoisotopic (exact) mass is 310 g/mol. The van der Waals surface area contributed by atoms with Gasteiger partial charge in [-0.15, -0.1) is 0 Å². The summed E-state index contributed by atoms with van der Waals surface area (Å²) >= 11 is 0. The van der Waals surface area contributed by atoms with Crippen LogP contribution in [0, 0.1) is 0 Å². The average molecular weight is 310 g/mol. The number of piperidine rings is 1. The highest BCUT2D eigenvalue weighted by Gasteiger charge is 2.26. The second-order valence-corrected chi connectivity index (χ2v) is 5.76. The number of esters is 1. The van der Waals surface area contributed by atoms with Gasteiger partial charge in [0, 0.05) is 12.2 Å². The molecule has 0 aliphatic carbocycles. The molecule has 1 fully saturated rings. The van der Waals surface area contributed by atoms with Crippen molar-refractivity contribution in [2.75, 3.05) is 18.4 Å². The van der Waals surface area contributed by atoms with E-state index >= 15 is 0 Å². The van der Waals surface area contributed by atoms with Crippen LogP contribution < -0.4 is 10.6 Å². The van der Waals surface area contributed by atoms with E-state index in [2.05, 4.69) is 10.6 Å². The fourth-order valence-corrected chi connectivity index (χ4v) is 2.78. The lowest BCUT2D eigenvalue weighted by atomic mass is 10.1. The van der Waals surface area contributed by atoms with Gasteiger partial charge in [0.05, 0.1) is 0 Å². The van der Waals surface area contributed by atoms with Crippen molar-refractivity contribution in [1.29, 1.82) is 0 Å². The van der Waals surface area contributed by atoms with Gasteiger partial charge in [-0.25, -0.2) is 4.79 Å². The quantitative estimate of drug-likeness (QED) is 0.833. The second-order valence-electron chi connectivity index (χ2n) is 5.76. The Kier molecular flexibility index (Phi) is 5.27. The molecule has 2 atom stereocenters. The summed E-state index contributed by atoms with van der Waals surface area (Å²) in [7, 11) is 0. The third-order valence-electron chi connectivity index (χ3n) is 3.99. The zero-order valence-corrected chi connectivity index (χ0v) is 13.1.